The van der Waals surface area contributed by atoms with E-state index >= 15 is 0 Å². The molecule has 1 aliphatic rings. The van der Waals surface area contributed by atoms with Gasteiger partial charge in [-0.2, -0.15) is 0 Å². The smallest absolute Gasteiger partial charge is 0.430 e. The van der Waals surface area contributed by atoms with Crippen molar-refractivity contribution in [3.05, 3.63) is 34.1 Å². The Hall–Kier alpha value is -2.57. The quantitative estimate of drug-likeness (QED) is 0.424. The number of amides is 2. The van der Waals surface area contributed by atoms with E-state index in [9.17, 15) is 18.0 Å². The maximum absolute atomic E-state index is 13.5. The van der Waals surface area contributed by atoms with Crippen molar-refractivity contribution in [1.82, 2.24) is 9.88 Å². The van der Waals surface area contributed by atoms with Gasteiger partial charge in [-0.1, -0.05) is 11.6 Å². The number of hydrogen-bond donors (Lipinski definition) is 0. The average Bonchev–Trinajstić information content (AvgIpc) is 3.26. The molecule has 0 aliphatic carbocycles. The van der Waals surface area contributed by atoms with E-state index in [1.54, 1.807) is 41.5 Å². The predicted octanol–water partition coefficient (Wildman–Crippen LogP) is 6.05. The number of anilines is 1. The molecule has 13 heteroatoms. The van der Waals surface area contributed by atoms with E-state index in [0.29, 0.717) is 17.3 Å². The van der Waals surface area contributed by atoms with Crippen LogP contribution in [-0.2, 0) is 19.5 Å². The molecule has 0 spiro atoms. The molecule has 1 atom stereocenters. The fourth-order valence-electron chi connectivity index (χ4n) is 3.47. The van der Waals surface area contributed by atoms with Gasteiger partial charge in [0.2, 0.25) is 0 Å². The third-order valence-corrected chi connectivity index (χ3v) is 7.50. The first kappa shape index (κ1) is 29.0. The van der Waals surface area contributed by atoms with E-state index in [4.69, 9.17) is 25.8 Å². The number of thiazole rings is 1. The first-order chi connectivity index (χ1) is 17.1. The molecule has 1 aromatic heterocycles. The predicted molar refractivity (Wildman–Crippen MR) is 141 cm³/mol. The number of likely N-dealkylation sites (tertiary alicyclic amines) is 1. The van der Waals surface area contributed by atoms with E-state index in [1.807, 2.05) is 0 Å². The number of piperidine rings is 1. The second-order valence-corrected chi connectivity index (χ2v) is 13.3. The lowest BCUT2D eigenvalue weighted by molar-refractivity contribution is -0.0342. The fraction of sp³-hybridized carbons (Fsp3) is 0.542. The number of ether oxygens (including phenoxy) is 3. The molecule has 204 valence electrons. The minimum atomic E-state index is -4.43. The Morgan fingerprint density at radius 1 is 1.11 bits per heavy atom. The van der Waals surface area contributed by atoms with Crippen LogP contribution in [0.15, 0.2) is 34.0 Å². The van der Waals surface area contributed by atoms with Gasteiger partial charge in [0.1, 0.15) is 17.0 Å². The Kier molecular flexibility index (Phi) is 8.65. The average molecular weight is 574 g/mol. The first-order valence-electron chi connectivity index (χ1n) is 11.7. The van der Waals surface area contributed by atoms with Crippen LogP contribution in [0, 0.1) is 0 Å². The molecular weight excluding hydrogens is 542 g/mol. The minimum Gasteiger partial charge on any atom is -0.469 e. The lowest BCUT2D eigenvalue weighted by atomic mass is 10.1. The molecule has 1 aliphatic heterocycles. The Labute approximate surface area is 226 Å². The van der Waals surface area contributed by atoms with Gasteiger partial charge in [-0.05, 0) is 72.6 Å². The van der Waals surface area contributed by atoms with E-state index in [0.717, 1.165) is 24.2 Å². The second kappa shape index (κ2) is 11.0. The van der Waals surface area contributed by atoms with Gasteiger partial charge in [0.15, 0.2) is 12.0 Å². The molecule has 1 unspecified atom stereocenters. The van der Waals surface area contributed by atoms with Gasteiger partial charge in [0.05, 0.1) is 15.4 Å². The van der Waals surface area contributed by atoms with Crippen molar-refractivity contribution in [2.75, 3.05) is 10.8 Å². The summed E-state index contributed by atoms with van der Waals surface area (Å²) in [6.45, 7) is 10.7. The molecular formula is C24H32ClN3O7S2. The largest absolute Gasteiger partial charge is 0.469 e. The topological polar surface area (TPSA) is 115 Å². The SMILES string of the molecule is CC(C)(C)OC(=O)N1CCCCC1Oc1ccc(S(=O)(=O)N(C(=O)OC(C)(C)C)c2cscn2)cc1Cl. The lowest BCUT2D eigenvalue weighted by Gasteiger charge is -2.36. The summed E-state index contributed by atoms with van der Waals surface area (Å²) in [6, 6.07) is 3.86. The van der Waals surface area contributed by atoms with Gasteiger partial charge in [-0.25, -0.2) is 23.0 Å². The van der Waals surface area contributed by atoms with E-state index in [2.05, 4.69) is 4.98 Å². The maximum Gasteiger partial charge on any atom is 0.430 e. The molecule has 37 heavy (non-hydrogen) atoms. The highest BCUT2D eigenvalue weighted by atomic mass is 35.5. The number of hydrogen-bond acceptors (Lipinski definition) is 9. The van der Waals surface area contributed by atoms with Gasteiger partial charge in [-0.15, -0.1) is 15.6 Å². The summed E-state index contributed by atoms with van der Waals surface area (Å²) in [5.41, 5.74) is -0.187. The van der Waals surface area contributed by atoms with Crippen LogP contribution < -0.4 is 9.04 Å². The minimum absolute atomic E-state index is 0.00166. The molecule has 1 saturated heterocycles. The molecule has 3 rings (SSSR count). The summed E-state index contributed by atoms with van der Waals surface area (Å²) in [5.74, 6) is 0.101. The Morgan fingerprint density at radius 2 is 1.78 bits per heavy atom. The number of aromatic nitrogens is 1. The van der Waals surface area contributed by atoms with Crippen LogP contribution in [0.25, 0.3) is 0 Å². The van der Waals surface area contributed by atoms with Crippen molar-refractivity contribution < 1.29 is 32.2 Å². The van der Waals surface area contributed by atoms with Crippen LogP contribution in [0.5, 0.6) is 5.75 Å². The molecule has 1 fully saturated rings. The molecule has 0 radical (unpaired) electrons. The monoisotopic (exact) mass is 573 g/mol. The van der Waals surface area contributed by atoms with Crippen molar-refractivity contribution >= 4 is 51.0 Å². The third-order valence-electron chi connectivity index (χ3n) is 4.97. The number of rotatable bonds is 5. The van der Waals surface area contributed by atoms with E-state index in [-0.39, 0.29) is 21.5 Å². The standard InChI is InChI=1S/C24H32ClN3O7S2/c1-23(2,3)34-21(29)27-12-8-7-9-20(27)33-18-11-10-16(13-17(18)25)37(31,32)28(19-14-36-15-26-19)22(30)35-24(4,5)6/h10-11,13-15,20H,7-9,12H2,1-6H3. The van der Waals surface area contributed by atoms with Crippen LogP contribution in [-0.4, -0.2) is 54.5 Å². The van der Waals surface area contributed by atoms with Crippen molar-refractivity contribution in [3.63, 3.8) is 0 Å². The van der Waals surface area contributed by atoms with Crippen molar-refractivity contribution in [2.45, 2.75) is 83.1 Å². The summed E-state index contributed by atoms with van der Waals surface area (Å²) in [7, 11) is -4.43. The van der Waals surface area contributed by atoms with Crippen LogP contribution >= 0.6 is 22.9 Å². The highest BCUT2D eigenvalue weighted by molar-refractivity contribution is 7.93. The normalized spacial score (nSPS) is 16.7. The molecule has 2 heterocycles. The second-order valence-electron chi connectivity index (χ2n) is 10.4. The van der Waals surface area contributed by atoms with Gasteiger partial charge in [-0.3, -0.25) is 4.90 Å². The Bertz CT molecular complexity index is 1220. The zero-order chi connectivity index (χ0) is 27.6. The van der Waals surface area contributed by atoms with Gasteiger partial charge in [0.25, 0.3) is 10.0 Å². The van der Waals surface area contributed by atoms with Gasteiger partial charge >= 0.3 is 12.2 Å². The zero-order valence-electron chi connectivity index (χ0n) is 21.7. The zero-order valence-corrected chi connectivity index (χ0v) is 24.1. The summed E-state index contributed by atoms with van der Waals surface area (Å²) < 4.78 is 44.4. The number of benzene rings is 1. The third kappa shape index (κ3) is 7.48. The number of carbonyl (C=O) groups is 2. The van der Waals surface area contributed by atoms with Crippen LogP contribution in [0.2, 0.25) is 5.02 Å². The Morgan fingerprint density at radius 3 is 2.35 bits per heavy atom. The van der Waals surface area contributed by atoms with Gasteiger partial charge < -0.3 is 14.2 Å². The van der Waals surface area contributed by atoms with Crippen LogP contribution in [0.4, 0.5) is 15.4 Å². The lowest BCUT2D eigenvalue weighted by Crippen LogP contribution is -2.48. The summed E-state index contributed by atoms with van der Waals surface area (Å²) in [6.07, 6.45) is -0.00910. The number of carbonyl (C=O) groups excluding carboxylic acids is 2. The summed E-state index contributed by atoms with van der Waals surface area (Å²) in [5, 5.41) is 1.42. The van der Waals surface area contributed by atoms with Crippen molar-refractivity contribution in [2.24, 2.45) is 0 Å². The molecule has 2 amide bonds. The fourth-order valence-corrected chi connectivity index (χ4v) is 5.64. The number of nitrogens with zero attached hydrogens (tertiary/aromatic N) is 3. The van der Waals surface area contributed by atoms with Crippen molar-refractivity contribution in [1.29, 1.82) is 0 Å². The van der Waals surface area contributed by atoms with Crippen LogP contribution in [0.3, 0.4) is 0 Å². The molecule has 0 N–H and O–H groups in total. The highest BCUT2D eigenvalue weighted by Gasteiger charge is 2.37. The van der Waals surface area contributed by atoms with E-state index < -0.39 is 39.6 Å². The maximum atomic E-state index is 13.5. The molecule has 2 aromatic rings. The molecule has 10 nitrogen and oxygen atoms in total. The molecule has 1 aromatic carbocycles. The number of halogens is 1. The van der Waals surface area contributed by atoms with Crippen LogP contribution in [0.1, 0.15) is 60.8 Å². The molecule has 0 saturated carbocycles. The van der Waals surface area contributed by atoms with Gasteiger partial charge in [0, 0.05) is 18.3 Å². The number of sulfonamides is 1. The van der Waals surface area contributed by atoms with Crippen molar-refractivity contribution in [3.8, 4) is 5.75 Å². The summed E-state index contributed by atoms with van der Waals surface area (Å²) >= 11 is 7.56. The Balaban J connectivity index is 1.87. The summed E-state index contributed by atoms with van der Waals surface area (Å²) in [4.78, 5) is 30.8. The van der Waals surface area contributed by atoms with E-state index in [1.165, 1.54) is 34.0 Å². The first-order valence-corrected chi connectivity index (χ1v) is 14.5. The highest BCUT2D eigenvalue weighted by Crippen LogP contribution is 2.33. The molecule has 0 bridgehead atoms.